The number of pyridine rings is 1. The SMILES string of the molecule is COc1ccc(CC(=O)NCC2CCC(c3nnc(-c4ccccn4)o3)CC2)cc1. The first-order valence-corrected chi connectivity index (χ1v) is 10.4. The quantitative estimate of drug-likeness (QED) is 0.642. The van der Waals surface area contributed by atoms with Gasteiger partial charge in [-0.2, -0.15) is 0 Å². The number of carbonyl (C=O) groups is 1. The van der Waals surface area contributed by atoms with Crippen molar-refractivity contribution in [2.24, 2.45) is 5.92 Å². The Kier molecular flexibility index (Phi) is 6.37. The smallest absolute Gasteiger partial charge is 0.266 e. The number of methoxy groups -OCH3 is 1. The molecule has 0 atom stereocenters. The van der Waals surface area contributed by atoms with Gasteiger partial charge in [-0.25, -0.2) is 0 Å². The molecule has 1 fully saturated rings. The molecule has 7 heteroatoms. The molecule has 4 rings (SSSR count). The number of hydrogen-bond acceptors (Lipinski definition) is 6. The highest BCUT2D eigenvalue weighted by molar-refractivity contribution is 5.78. The lowest BCUT2D eigenvalue weighted by molar-refractivity contribution is -0.120. The summed E-state index contributed by atoms with van der Waals surface area (Å²) in [5, 5.41) is 11.5. The summed E-state index contributed by atoms with van der Waals surface area (Å²) in [6.45, 7) is 0.713. The molecule has 0 radical (unpaired) electrons. The normalized spacial score (nSPS) is 18.7. The van der Waals surface area contributed by atoms with E-state index in [4.69, 9.17) is 9.15 Å². The second-order valence-corrected chi connectivity index (χ2v) is 7.71. The monoisotopic (exact) mass is 406 g/mol. The second-order valence-electron chi connectivity index (χ2n) is 7.71. The van der Waals surface area contributed by atoms with Crippen molar-refractivity contribution in [2.45, 2.75) is 38.0 Å². The summed E-state index contributed by atoms with van der Waals surface area (Å²) in [7, 11) is 1.63. The van der Waals surface area contributed by atoms with Crippen LogP contribution in [0.3, 0.4) is 0 Å². The van der Waals surface area contributed by atoms with Crippen LogP contribution in [0.2, 0.25) is 0 Å². The molecule has 0 spiro atoms. The van der Waals surface area contributed by atoms with Crippen LogP contribution >= 0.6 is 0 Å². The van der Waals surface area contributed by atoms with Crippen molar-refractivity contribution in [3.05, 3.63) is 60.1 Å². The molecule has 0 unspecified atom stereocenters. The van der Waals surface area contributed by atoms with Crippen LogP contribution in [-0.2, 0) is 11.2 Å². The van der Waals surface area contributed by atoms with Crippen LogP contribution in [0.25, 0.3) is 11.6 Å². The highest BCUT2D eigenvalue weighted by Gasteiger charge is 2.26. The maximum absolute atomic E-state index is 12.3. The molecule has 1 aromatic carbocycles. The van der Waals surface area contributed by atoms with Gasteiger partial charge in [0.1, 0.15) is 11.4 Å². The van der Waals surface area contributed by atoms with Crippen LogP contribution in [0.15, 0.2) is 53.1 Å². The number of hydrogen-bond donors (Lipinski definition) is 1. The molecule has 3 aromatic rings. The molecule has 0 bridgehead atoms. The minimum atomic E-state index is 0.0548. The Morgan fingerprint density at radius 2 is 1.90 bits per heavy atom. The number of carbonyl (C=O) groups excluding carboxylic acids is 1. The maximum atomic E-state index is 12.3. The van der Waals surface area contributed by atoms with E-state index in [1.807, 2.05) is 42.5 Å². The fourth-order valence-corrected chi connectivity index (χ4v) is 3.86. The molecule has 7 nitrogen and oxygen atoms in total. The molecule has 2 heterocycles. The number of amides is 1. The second kappa shape index (κ2) is 9.52. The van der Waals surface area contributed by atoms with Gasteiger partial charge in [0, 0.05) is 18.7 Å². The zero-order chi connectivity index (χ0) is 20.8. The lowest BCUT2D eigenvalue weighted by Gasteiger charge is -2.26. The van der Waals surface area contributed by atoms with Gasteiger partial charge in [0.05, 0.1) is 13.5 Å². The zero-order valence-corrected chi connectivity index (χ0v) is 17.1. The van der Waals surface area contributed by atoms with Crippen molar-refractivity contribution in [3.63, 3.8) is 0 Å². The molecule has 1 N–H and O–H groups in total. The van der Waals surface area contributed by atoms with Gasteiger partial charge >= 0.3 is 0 Å². The minimum Gasteiger partial charge on any atom is -0.497 e. The van der Waals surface area contributed by atoms with Crippen molar-refractivity contribution in [2.75, 3.05) is 13.7 Å². The van der Waals surface area contributed by atoms with Crippen LogP contribution in [0.1, 0.15) is 43.1 Å². The molecule has 1 amide bonds. The highest BCUT2D eigenvalue weighted by atomic mass is 16.5. The molecule has 1 saturated carbocycles. The van der Waals surface area contributed by atoms with Gasteiger partial charge < -0.3 is 14.5 Å². The summed E-state index contributed by atoms with van der Waals surface area (Å²) in [5.74, 6) is 2.78. The number of nitrogens with one attached hydrogen (secondary N) is 1. The molecular formula is C23H26N4O3. The summed E-state index contributed by atoms with van der Waals surface area (Å²) < 4.78 is 11.0. The molecular weight excluding hydrogens is 380 g/mol. The average Bonchev–Trinajstić information content (AvgIpc) is 3.29. The third kappa shape index (κ3) is 5.03. The predicted molar refractivity (Wildman–Crippen MR) is 112 cm³/mol. The topological polar surface area (TPSA) is 90.1 Å². The van der Waals surface area contributed by atoms with E-state index < -0.39 is 0 Å². The average molecular weight is 406 g/mol. The molecule has 30 heavy (non-hydrogen) atoms. The molecule has 1 aliphatic rings. The Labute approximate surface area is 175 Å². The Hall–Kier alpha value is -3.22. The fourth-order valence-electron chi connectivity index (χ4n) is 3.86. The van der Waals surface area contributed by atoms with Crippen LogP contribution in [0.5, 0.6) is 5.75 Å². The Bertz CT molecular complexity index is 948. The van der Waals surface area contributed by atoms with E-state index in [-0.39, 0.29) is 11.8 Å². The van der Waals surface area contributed by atoms with E-state index >= 15 is 0 Å². The number of rotatable bonds is 7. The van der Waals surface area contributed by atoms with Gasteiger partial charge in [-0.15, -0.1) is 10.2 Å². The molecule has 0 aliphatic heterocycles. The first-order valence-electron chi connectivity index (χ1n) is 10.4. The Morgan fingerprint density at radius 1 is 1.10 bits per heavy atom. The predicted octanol–water partition coefficient (Wildman–Crippen LogP) is 3.77. The standard InChI is InChI=1S/C23H26N4O3/c1-29-19-11-7-16(8-12-19)14-21(28)25-15-17-5-9-18(10-6-17)22-26-27-23(30-22)20-4-2-3-13-24-20/h2-4,7-8,11-13,17-18H,5-6,9-10,14-15H2,1H3,(H,25,28). The van der Waals surface area contributed by atoms with E-state index in [1.54, 1.807) is 13.3 Å². The third-order valence-electron chi connectivity index (χ3n) is 5.63. The maximum Gasteiger partial charge on any atom is 0.266 e. The summed E-state index contributed by atoms with van der Waals surface area (Å²) >= 11 is 0. The lowest BCUT2D eigenvalue weighted by Crippen LogP contribution is -2.32. The van der Waals surface area contributed by atoms with Gasteiger partial charge in [-0.1, -0.05) is 18.2 Å². The fraction of sp³-hybridized carbons (Fsp3) is 0.391. The van der Waals surface area contributed by atoms with Crippen LogP contribution in [0, 0.1) is 5.92 Å². The van der Waals surface area contributed by atoms with Gasteiger partial charge in [-0.05, 0) is 61.4 Å². The largest absolute Gasteiger partial charge is 0.497 e. The van der Waals surface area contributed by atoms with E-state index in [2.05, 4.69) is 20.5 Å². The molecule has 0 saturated heterocycles. The number of aromatic nitrogens is 3. The van der Waals surface area contributed by atoms with Crippen molar-refractivity contribution in [1.82, 2.24) is 20.5 Å². The van der Waals surface area contributed by atoms with Crippen molar-refractivity contribution < 1.29 is 13.9 Å². The number of benzene rings is 1. The van der Waals surface area contributed by atoms with Crippen molar-refractivity contribution in [3.8, 4) is 17.3 Å². The third-order valence-corrected chi connectivity index (χ3v) is 5.63. The van der Waals surface area contributed by atoms with Crippen LogP contribution in [-0.4, -0.2) is 34.7 Å². The van der Waals surface area contributed by atoms with E-state index in [0.29, 0.717) is 36.4 Å². The highest BCUT2D eigenvalue weighted by Crippen LogP contribution is 2.35. The van der Waals surface area contributed by atoms with Crippen LogP contribution in [0.4, 0.5) is 0 Å². The summed E-state index contributed by atoms with van der Waals surface area (Å²) in [4.78, 5) is 16.5. The Morgan fingerprint density at radius 3 is 2.60 bits per heavy atom. The van der Waals surface area contributed by atoms with Gasteiger partial charge in [0.25, 0.3) is 5.89 Å². The van der Waals surface area contributed by atoms with Crippen molar-refractivity contribution in [1.29, 1.82) is 0 Å². The Balaban J connectivity index is 1.22. The summed E-state index contributed by atoms with van der Waals surface area (Å²) in [6.07, 6.45) is 6.15. The lowest BCUT2D eigenvalue weighted by atomic mass is 9.82. The first kappa shape index (κ1) is 20.1. The van der Waals surface area contributed by atoms with E-state index in [0.717, 1.165) is 37.0 Å². The molecule has 2 aromatic heterocycles. The zero-order valence-electron chi connectivity index (χ0n) is 17.1. The van der Waals surface area contributed by atoms with Gasteiger partial charge in [-0.3, -0.25) is 9.78 Å². The number of nitrogens with zero attached hydrogens (tertiary/aromatic N) is 3. The molecule has 1 aliphatic carbocycles. The molecule has 156 valence electrons. The first-order chi connectivity index (χ1) is 14.7. The van der Waals surface area contributed by atoms with Gasteiger partial charge in [0.15, 0.2) is 0 Å². The van der Waals surface area contributed by atoms with E-state index in [1.165, 1.54) is 0 Å². The minimum absolute atomic E-state index is 0.0548. The summed E-state index contributed by atoms with van der Waals surface area (Å²) in [5.41, 5.74) is 1.68. The van der Waals surface area contributed by atoms with Gasteiger partial charge in [0.2, 0.25) is 11.8 Å². The number of ether oxygens (including phenoxy) is 1. The van der Waals surface area contributed by atoms with Crippen molar-refractivity contribution >= 4 is 5.91 Å². The summed E-state index contributed by atoms with van der Waals surface area (Å²) in [6, 6.07) is 13.2. The van der Waals surface area contributed by atoms with E-state index in [9.17, 15) is 4.79 Å². The van der Waals surface area contributed by atoms with Crippen LogP contribution < -0.4 is 10.1 Å².